The van der Waals surface area contributed by atoms with E-state index in [4.69, 9.17) is 0 Å². The number of carboxylic acid groups (broad SMARTS) is 1. The number of aromatic carboxylic acids is 1. The Morgan fingerprint density at radius 1 is 0.667 bits per heavy atom. The predicted molar refractivity (Wildman–Crippen MR) is 107 cm³/mol. The highest BCUT2D eigenvalue weighted by molar-refractivity contribution is 6.25. The van der Waals surface area contributed by atoms with Crippen molar-refractivity contribution >= 4 is 23.5 Å². The highest BCUT2D eigenvalue weighted by Gasteiger charge is 2.61. The number of carbonyl (C=O) groups excluding carboxylic acids is 3. The predicted octanol–water partition coefficient (Wildman–Crippen LogP) is 2.45. The van der Waals surface area contributed by atoms with Gasteiger partial charge in [0, 0.05) is 17.4 Å². The number of anilines is 1. The molecular formula is C25H16NO4-. The summed E-state index contributed by atoms with van der Waals surface area (Å²) >= 11 is 0. The summed E-state index contributed by atoms with van der Waals surface area (Å²) in [5.74, 6) is -3.59. The van der Waals surface area contributed by atoms with Gasteiger partial charge in [0.05, 0.1) is 23.5 Å². The van der Waals surface area contributed by atoms with Gasteiger partial charge < -0.3 is 9.90 Å². The third-order valence-corrected chi connectivity index (χ3v) is 6.81. The highest BCUT2D eigenvalue weighted by Crippen LogP contribution is 2.61. The number of hydrogen-bond donors (Lipinski definition) is 0. The second kappa shape index (κ2) is 5.89. The summed E-state index contributed by atoms with van der Waals surface area (Å²) in [5, 5.41) is 11.6. The van der Waals surface area contributed by atoms with E-state index in [1.165, 1.54) is 12.1 Å². The Hall–Kier alpha value is -3.73. The van der Waals surface area contributed by atoms with Crippen molar-refractivity contribution in [2.24, 2.45) is 11.8 Å². The Bertz CT molecular complexity index is 1150. The summed E-state index contributed by atoms with van der Waals surface area (Å²) in [5.41, 5.74) is 4.27. The summed E-state index contributed by atoms with van der Waals surface area (Å²) in [6.07, 6.45) is 0. The minimum atomic E-state index is -1.41. The molecule has 7 rings (SSSR count). The lowest BCUT2D eigenvalue weighted by Crippen LogP contribution is -2.41. The van der Waals surface area contributed by atoms with E-state index in [-0.39, 0.29) is 34.9 Å². The maximum atomic E-state index is 13.6. The number of benzene rings is 3. The molecule has 0 spiro atoms. The first-order valence-electron chi connectivity index (χ1n) is 9.95. The number of amides is 2. The third kappa shape index (κ3) is 1.99. The van der Waals surface area contributed by atoms with Crippen LogP contribution in [0.1, 0.15) is 44.4 Å². The molecule has 5 nitrogen and oxygen atoms in total. The summed E-state index contributed by atoms with van der Waals surface area (Å²) < 4.78 is 0. The van der Waals surface area contributed by atoms with Crippen LogP contribution in [-0.4, -0.2) is 17.8 Å². The Kier molecular flexibility index (Phi) is 3.37. The van der Waals surface area contributed by atoms with Crippen molar-refractivity contribution in [3.63, 3.8) is 0 Å². The fraction of sp³-hybridized carbons (Fsp3) is 0.160. The van der Waals surface area contributed by atoms with E-state index < -0.39 is 17.8 Å². The van der Waals surface area contributed by atoms with Gasteiger partial charge in [0.25, 0.3) is 0 Å². The van der Waals surface area contributed by atoms with Gasteiger partial charge in [-0.25, -0.2) is 4.90 Å². The maximum absolute atomic E-state index is 13.6. The number of imide groups is 1. The summed E-state index contributed by atoms with van der Waals surface area (Å²) in [6, 6.07) is 22.0. The molecule has 1 saturated heterocycles. The smallest absolute Gasteiger partial charge is 0.238 e. The number of nitrogens with zero attached hydrogens (tertiary/aromatic N) is 1. The van der Waals surface area contributed by atoms with Crippen LogP contribution >= 0.6 is 0 Å². The molecule has 0 saturated carbocycles. The molecule has 2 amide bonds. The van der Waals surface area contributed by atoms with Gasteiger partial charge in [0.2, 0.25) is 11.8 Å². The van der Waals surface area contributed by atoms with Gasteiger partial charge in [-0.1, -0.05) is 66.7 Å². The number of para-hydroxylation sites is 1. The molecule has 3 aromatic rings. The molecule has 1 fully saturated rings. The molecule has 2 bridgehead atoms. The van der Waals surface area contributed by atoms with E-state index in [1.54, 1.807) is 12.1 Å². The molecule has 5 heteroatoms. The number of hydrogen-bond acceptors (Lipinski definition) is 4. The average molecular weight is 394 g/mol. The molecule has 0 radical (unpaired) electrons. The maximum Gasteiger partial charge on any atom is 0.238 e. The lowest BCUT2D eigenvalue weighted by atomic mass is 9.55. The van der Waals surface area contributed by atoms with Crippen LogP contribution in [0.2, 0.25) is 0 Å². The van der Waals surface area contributed by atoms with Gasteiger partial charge in [0.1, 0.15) is 0 Å². The largest absolute Gasteiger partial charge is 0.545 e. The molecule has 1 heterocycles. The van der Waals surface area contributed by atoms with Crippen LogP contribution in [0, 0.1) is 11.8 Å². The monoisotopic (exact) mass is 394 g/mol. The van der Waals surface area contributed by atoms with Crippen LogP contribution < -0.4 is 10.0 Å². The molecule has 1 aliphatic heterocycles. The van der Waals surface area contributed by atoms with Crippen LogP contribution in [0.3, 0.4) is 0 Å². The molecule has 3 aliphatic carbocycles. The van der Waals surface area contributed by atoms with Crippen molar-refractivity contribution in [3.05, 3.63) is 101 Å². The Morgan fingerprint density at radius 2 is 1.07 bits per heavy atom. The van der Waals surface area contributed by atoms with E-state index >= 15 is 0 Å². The fourth-order valence-corrected chi connectivity index (χ4v) is 5.76. The van der Waals surface area contributed by atoms with E-state index in [0.29, 0.717) is 0 Å². The van der Waals surface area contributed by atoms with Crippen LogP contribution in [0.15, 0.2) is 72.8 Å². The third-order valence-electron chi connectivity index (χ3n) is 6.81. The zero-order chi connectivity index (χ0) is 20.6. The van der Waals surface area contributed by atoms with Gasteiger partial charge in [-0.2, -0.15) is 0 Å². The highest BCUT2D eigenvalue weighted by atomic mass is 16.4. The first-order chi connectivity index (χ1) is 14.6. The van der Waals surface area contributed by atoms with Crippen LogP contribution in [0.25, 0.3) is 0 Å². The quantitative estimate of drug-likeness (QED) is 0.626. The van der Waals surface area contributed by atoms with Gasteiger partial charge in [0.15, 0.2) is 0 Å². The van der Waals surface area contributed by atoms with Gasteiger partial charge in [-0.15, -0.1) is 0 Å². The average Bonchev–Trinajstić information content (AvgIpc) is 3.04. The minimum absolute atomic E-state index is 0.0920. The topological polar surface area (TPSA) is 77.5 Å². The molecule has 0 unspecified atom stereocenters. The van der Waals surface area contributed by atoms with E-state index in [1.807, 2.05) is 48.5 Å². The molecule has 4 aliphatic rings. The van der Waals surface area contributed by atoms with Gasteiger partial charge >= 0.3 is 0 Å². The number of rotatable bonds is 2. The number of carboxylic acids is 1. The Balaban J connectivity index is 1.58. The van der Waals surface area contributed by atoms with E-state index in [0.717, 1.165) is 27.2 Å². The van der Waals surface area contributed by atoms with Crippen molar-refractivity contribution in [1.29, 1.82) is 0 Å². The molecular weight excluding hydrogens is 378 g/mol. The summed E-state index contributed by atoms with van der Waals surface area (Å²) in [6.45, 7) is 0. The van der Waals surface area contributed by atoms with Crippen molar-refractivity contribution in [2.45, 2.75) is 11.8 Å². The normalized spacial score (nSPS) is 25.7. The van der Waals surface area contributed by atoms with Crippen LogP contribution in [0.4, 0.5) is 5.69 Å². The molecule has 30 heavy (non-hydrogen) atoms. The van der Waals surface area contributed by atoms with Crippen molar-refractivity contribution < 1.29 is 19.5 Å². The molecule has 3 aromatic carbocycles. The van der Waals surface area contributed by atoms with Crippen molar-refractivity contribution in [2.75, 3.05) is 4.90 Å². The molecule has 2 atom stereocenters. The first-order valence-corrected chi connectivity index (χ1v) is 9.95. The Morgan fingerprint density at radius 3 is 1.50 bits per heavy atom. The van der Waals surface area contributed by atoms with Gasteiger partial charge in [-0.3, -0.25) is 9.59 Å². The van der Waals surface area contributed by atoms with Crippen molar-refractivity contribution in [1.82, 2.24) is 0 Å². The summed E-state index contributed by atoms with van der Waals surface area (Å²) in [7, 11) is 0. The number of carbonyl (C=O) groups is 3. The second-order valence-corrected chi connectivity index (χ2v) is 8.08. The van der Waals surface area contributed by atoms with Gasteiger partial charge in [-0.05, 0) is 28.3 Å². The molecule has 146 valence electrons. The molecule has 0 aromatic heterocycles. The van der Waals surface area contributed by atoms with Crippen molar-refractivity contribution in [3.8, 4) is 0 Å². The molecule has 0 N–H and O–H groups in total. The zero-order valence-corrected chi connectivity index (χ0v) is 15.8. The second-order valence-electron chi connectivity index (χ2n) is 8.08. The lowest BCUT2D eigenvalue weighted by Gasteiger charge is -2.45. The first kappa shape index (κ1) is 17.2. The SMILES string of the molecule is O=C([O-])c1ccccc1N1C(=O)[C@@H]2C3c4ccccc4C(c4ccccc43)[C@@H]2C1=O. The zero-order valence-electron chi connectivity index (χ0n) is 15.8. The van der Waals surface area contributed by atoms with Crippen LogP contribution in [0.5, 0.6) is 0 Å². The van der Waals surface area contributed by atoms with E-state index in [9.17, 15) is 19.5 Å². The fourth-order valence-electron chi connectivity index (χ4n) is 5.76. The minimum Gasteiger partial charge on any atom is -0.545 e. The summed E-state index contributed by atoms with van der Waals surface area (Å²) in [4.78, 5) is 40.0. The lowest BCUT2D eigenvalue weighted by molar-refractivity contribution is -0.254. The standard InChI is InChI=1S/C25H17NO4/c27-23-21-19-13-7-1-2-8-14(13)20(16-10-4-3-9-15(16)19)22(21)24(28)26(23)18-12-6-5-11-17(18)25(29)30/h1-12,19-22H,(H,29,30)/p-1/t19?,20?,21-,22+. The van der Waals surface area contributed by atoms with E-state index in [2.05, 4.69) is 0 Å². The Labute approximate surface area is 172 Å². The van der Waals surface area contributed by atoms with Crippen LogP contribution in [-0.2, 0) is 9.59 Å².